The molecule has 0 atom stereocenters. The van der Waals surface area contributed by atoms with Gasteiger partial charge in [-0.1, -0.05) is 18.2 Å². The third-order valence-electron chi connectivity index (χ3n) is 1.19. The molecule has 0 fully saturated rings. The summed E-state index contributed by atoms with van der Waals surface area (Å²) in [6.07, 6.45) is 0. The van der Waals surface area contributed by atoms with Crippen LogP contribution >= 0.6 is 74.5 Å². The predicted molar refractivity (Wildman–Crippen MR) is 76.9 cm³/mol. The minimum atomic E-state index is -2.86. The van der Waals surface area contributed by atoms with Gasteiger partial charge in [-0.3, -0.25) is 0 Å². The van der Waals surface area contributed by atoms with Crippen LogP contribution in [0.5, 0.6) is 0 Å². The van der Waals surface area contributed by atoms with Gasteiger partial charge in [0.05, 0.1) is 0 Å². The molecule has 1 aromatic rings. The molecule has 0 saturated heterocycles. The van der Waals surface area contributed by atoms with Crippen molar-refractivity contribution in [3.05, 3.63) is 30.3 Å². The van der Waals surface area contributed by atoms with Crippen LogP contribution in [-0.4, -0.2) is 0 Å². The third kappa shape index (κ3) is 3.61. The molecule has 0 N–H and O–H groups in total. The molecule has 0 aromatic heterocycles. The van der Waals surface area contributed by atoms with E-state index in [9.17, 15) is 0 Å². The van der Waals surface area contributed by atoms with Gasteiger partial charge in [-0.05, 0) is 86.7 Å². The van der Waals surface area contributed by atoms with Crippen molar-refractivity contribution in [3.8, 4) is 0 Å². The van der Waals surface area contributed by atoms with Crippen molar-refractivity contribution in [3.63, 3.8) is 0 Å². The van der Waals surface area contributed by atoms with Gasteiger partial charge >= 0.3 is 0 Å². The molecule has 70 valence electrons. The Hall–Kier alpha value is 1.97. The number of halogens is 5. The van der Waals surface area contributed by atoms with Gasteiger partial charge < -0.3 is 0 Å². The molecule has 0 aliphatic heterocycles. The first kappa shape index (κ1) is 12.0. The van der Waals surface area contributed by atoms with Gasteiger partial charge in [0, 0.05) is 4.90 Å². The lowest BCUT2D eigenvalue weighted by Crippen LogP contribution is -1.93. The summed E-state index contributed by atoms with van der Waals surface area (Å²) in [6, 6.07) is 9.93. The average molecular weight is 509 g/mol. The SMILES string of the molecule is BrS(Br)(Br)(Br)(Br)c1ccccc1. The van der Waals surface area contributed by atoms with Crippen LogP contribution in [0.15, 0.2) is 35.2 Å². The molecule has 0 amide bonds. The fourth-order valence-corrected chi connectivity index (χ4v) is 4.59. The molecular formula is C6H5Br5S. The van der Waals surface area contributed by atoms with Crippen molar-refractivity contribution >= 4 is 74.5 Å². The van der Waals surface area contributed by atoms with Crippen LogP contribution in [0, 0.1) is 0 Å². The van der Waals surface area contributed by atoms with Crippen LogP contribution in [0.4, 0.5) is 0 Å². The normalized spacial score (nSPS) is 18.1. The standard InChI is InChI=1S/C6H5Br5S/c7-12(8,9,10,11)6-4-2-1-3-5-6/h1-5H. The third-order valence-corrected chi connectivity index (χ3v) is 7.96. The van der Waals surface area contributed by atoms with E-state index < -0.39 is 0.461 Å². The predicted octanol–water partition coefficient (Wildman–Crippen LogP) is 6.47. The van der Waals surface area contributed by atoms with E-state index in [4.69, 9.17) is 0 Å². The zero-order valence-corrected chi connectivity index (χ0v) is 14.4. The van der Waals surface area contributed by atoms with E-state index >= 15 is 0 Å². The fraction of sp³-hybridized carbons (Fsp3) is 0. The van der Waals surface area contributed by atoms with Crippen LogP contribution in [0.2, 0.25) is 0 Å². The highest BCUT2D eigenvalue weighted by Gasteiger charge is 2.50. The molecule has 0 nitrogen and oxygen atoms in total. The van der Waals surface area contributed by atoms with E-state index in [1.165, 1.54) is 0 Å². The maximum absolute atomic E-state index is 3.58. The van der Waals surface area contributed by atoms with E-state index in [-0.39, 0.29) is 0 Å². The van der Waals surface area contributed by atoms with Crippen molar-refractivity contribution in [1.82, 2.24) is 0 Å². The minimum absolute atomic E-state index is 1.07. The van der Waals surface area contributed by atoms with E-state index in [1.807, 2.05) is 30.3 Å². The molecule has 6 heteroatoms. The Kier molecular flexibility index (Phi) is 2.99. The number of hydrogen-bond donors (Lipinski definition) is 0. The highest BCUT2D eigenvalue weighted by atomic mass is 80.0. The summed E-state index contributed by atoms with van der Waals surface area (Å²) in [5.74, 6) is 0. The first-order valence-electron chi connectivity index (χ1n) is 2.89. The van der Waals surface area contributed by atoms with Crippen molar-refractivity contribution in [1.29, 1.82) is 0 Å². The Balaban J connectivity index is 3.36. The van der Waals surface area contributed by atoms with Crippen LogP contribution in [0.1, 0.15) is 0 Å². The maximum Gasteiger partial charge on any atom is 0.0197 e. The molecular weight excluding hydrogens is 504 g/mol. The summed E-state index contributed by atoms with van der Waals surface area (Å²) in [4.78, 5) is 1.07. The Morgan fingerprint density at radius 2 is 1.17 bits per heavy atom. The van der Waals surface area contributed by atoms with Crippen molar-refractivity contribution < 1.29 is 0 Å². The van der Waals surface area contributed by atoms with Gasteiger partial charge in [0.2, 0.25) is 0 Å². The minimum Gasteiger partial charge on any atom is -0.0622 e. The first-order valence-corrected chi connectivity index (χ1v) is 14.5. The molecule has 1 aromatic carbocycles. The average Bonchev–Trinajstić information content (AvgIpc) is 1.85. The Bertz CT molecular complexity index is 285. The summed E-state index contributed by atoms with van der Waals surface area (Å²) >= 11 is 17.9. The van der Waals surface area contributed by atoms with E-state index in [0.29, 0.717) is 0 Å². The largest absolute Gasteiger partial charge is 0.0622 e. The van der Waals surface area contributed by atoms with Crippen LogP contribution in [0.3, 0.4) is 0 Å². The van der Waals surface area contributed by atoms with Gasteiger partial charge in [-0.25, -0.2) is 0 Å². The lowest BCUT2D eigenvalue weighted by molar-refractivity contribution is 1.47. The van der Waals surface area contributed by atoms with Gasteiger partial charge in [0.1, 0.15) is 0 Å². The van der Waals surface area contributed by atoms with Crippen LogP contribution < -0.4 is 0 Å². The molecule has 1 rings (SSSR count). The first-order chi connectivity index (χ1) is 5.09. The Labute approximate surface area is 108 Å². The molecule has 12 heavy (non-hydrogen) atoms. The van der Waals surface area contributed by atoms with Crippen molar-refractivity contribution in [2.24, 2.45) is 0 Å². The second-order valence-electron chi connectivity index (χ2n) is 2.28. The summed E-state index contributed by atoms with van der Waals surface area (Å²) in [6.45, 7) is 0. The van der Waals surface area contributed by atoms with Crippen LogP contribution in [0.25, 0.3) is 0 Å². The number of rotatable bonds is 1. The van der Waals surface area contributed by atoms with Gasteiger partial charge in [0.15, 0.2) is 0 Å². The second kappa shape index (κ2) is 2.98. The lowest BCUT2D eigenvalue weighted by Gasteiger charge is -2.53. The summed E-state index contributed by atoms with van der Waals surface area (Å²) in [5.41, 5.74) is 0. The molecule has 0 unspecified atom stereocenters. The zero-order valence-electron chi connectivity index (χ0n) is 5.68. The van der Waals surface area contributed by atoms with Crippen molar-refractivity contribution in [2.75, 3.05) is 0 Å². The molecule has 0 heterocycles. The molecule has 0 aliphatic carbocycles. The molecule has 0 bridgehead atoms. The highest BCUT2D eigenvalue weighted by Crippen LogP contribution is 3.19. The van der Waals surface area contributed by atoms with Gasteiger partial charge in [-0.15, -0.1) is 0 Å². The van der Waals surface area contributed by atoms with Crippen molar-refractivity contribution in [2.45, 2.75) is 4.90 Å². The molecule has 0 radical (unpaired) electrons. The molecule has 0 saturated carbocycles. The van der Waals surface area contributed by atoms with E-state index in [1.54, 1.807) is 0 Å². The number of benzene rings is 1. The maximum atomic E-state index is 3.58. The van der Waals surface area contributed by atoms with Crippen LogP contribution in [-0.2, 0) is 0 Å². The highest BCUT2D eigenvalue weighted by molar-refractivity contribution is 10.6. The quantitative estimate of drug-likeness (QED) is 0.408. The summed E-state index contributed by atoms with van der Waals surface area (Å²) in [5, 5.41) is 0. The summed E-state index contributed by atoms with van der Waals surface area (Å²) < 4.78 is -2.86. The lowest BCUT2D eigenvalue weighted by atomic mass is 10.4. The number of hydrogen-bond acceptors (Lipinski definition) is 0. The van der Waals surface area contributed by atoms with E-state index in [0.717, 1.165) is 4.90 Å². The summed E-state index contributed by atoms with van der Waals surface area (Å²) in [7, 11) is 0. The van der Waals surface area contributed by atoms with Gasteiger partial charge in [0.25, 0.3) is 0 Å². The molecule has 0 aliphatic rings. The topological polar surface area (TPSA) is 0 Å². The fourth-order valence-electron chi connectivity index (χ4n) is 0.678. The monoisotopic (exact) mass is 504 g/mol. The Morgan fingerprint density at radius 3 is 1.42 bits per heavy atom. The Morgan fingerprint density at radius 1 is 0.750 bits per heavy atom. The second-order valence-corrected chi connectivity index (χ2v) is 55.0. The van der Waals surface area contributed by atoms with Gasteiger partial charge in [-0.2, -0.15) is 0 Å². The zero-order chi connectivity index (χ0) is 9.52. The van der Waals surface area contributed by atoms with E-state index in [2.05, 4.69) is 74.1 Å². The smallest absolute Gasteiger partial charge is 0.0197 e. The molecule has 0 spiro atoms.